The van der Waals surface area contributed by atoms with E-state index < -0.39 is 6.10 Å². The summed E-state index contributed by atoms with van der Waals surface area (Å²) in [5, 5.41) is 15.8. The normalized spacial score (nSPS) is 12.8. The van der Waals surface area contributed by atoms with Gasteiger partial charge in [0.25, 0.3) is 0 Å². The molecule has 12 heavy (non-hydrogen) atoms. The number of aliphatic hydroxyl groups excluding tert-OH is 1. The maximum Gasteiger partial charge on any atom is 0.124 e. The number of nitrogens with zero attached hydrogens (tertiary/aromatic N) is 1. The lowest BCUT2D eigenvalue weighted by Gasteiger charge is -2.08. The van der Waals surface area contributed by atoms with E-state index in [1.54, 1.807) is 0 Å². The number of aromatic amines is 1. The number of aliphatic hydroxyl groups is 1. The lowest BCUT2D eigenvalue weighted by Crippen LogP contribution is -2.00. The van der Waals surface area contributed by atoms with Crippen LogP contribution in [-0.2, 0) is 0 Å². The fraction of sp³-hybridized carbons (Fsp3) is 0.375. The van der Waals surface area contributed by atoms with Gasteiger partial charge in [-0.25, -0.2) is 0 Å². The van der Waals surface area contributed by atoms with Crippen LogP contribution in [-0.4, -0.2) is 15.3 Å². The van der Waals surface area contributed by atoms with Gasteiger partial charge in [-0.2, -0.15) is 5.10 Å². The van der Waals surface area contributed by atoms with E-state index in [0.717, 1.165) is 5.57 Å². The number of nitrogens with two attached hydrogens (primary N) is 1. The first kappa shape index (κ1) is 8.80. The first-order valence-corrected chi connectivity index (χ1v) is 3.72. The Bertz CT molecular complexity index is 280. The molecule has 1 heterocycles. The predicted molar refractivity (Wildman–Crippen MR) is 47.4 cm³/mol. The van der Waals surface area contributed by atoms with Crippen LogP contribution >= 0.6 is 0 Å². The summed E-state index contributed by atoms with van der Waals surface area (Å²) in [6.45, 7) is 5.56. The van der Waals surface area contributed by atoms with Gasteiger partial charge in [0.1, 0.15) is 5.82 Å². The van der Waals surface area contributed by atoms with Gasteiger partial charge < -0.3 is 10.8 Å². The monoisotopic (exact) mass is 167 g/mol. The molecule has 66 valence electrons. The molecule has 1 aromatic rings. The molecule has 0 aliphatic heterocycles. The number of hydrogen-bond donors (Lipinski definition) is 3. The van der Waals surface area contributed by atoms with Gasteiger partial charge in [0.2, 0.25) is 0 Å². The van der Waals surface area contributed by atoms with Gasteiger partial charge in [0, 0.05) is 5.56 Å². The Kier molecular flexibility index (Phi) is 2.50. The molecule has 0 fully saturated rings. The highest BCUT2D eigenvalue weighted by Crippen LogP contribution is 2.22. The summed E-state index contributed by atoms with van der Waals surface area (Å²) in [6.07, 6.45) is 1.45. The fourth-order valence-corrected chi connectivity index (χ4v) is 1.01. The quantitative estimate of drug-likeness (QED) is 0.588. The zero-order valence-corrected chi connectivity index (χ0v) is 7.04. The summed E-state index contributed by atoms with van der Waals surface area (Å²) in [7, 11) is 0. The Hall–Kier alpha value is -1.29. The van der Waals surface area contributed by atoms with Crippen LogP contribution in [0.2, 0.25) is 0 Å². The van der Waals surface area contributed by atoms with Crippen LogP contribution < -0.4 is 5.73 Å². The van der Waals surface area contributed by atoms with Crippen LogP contribution in [0.5, 0.6) is 0 Å². The maximum absolute atomic E-state index is 9.56. The second kappa shape index (κ2) is 3.40. The van der Waals surface area contributed by atoms with Crippen molar-refractivity contribution in [2.24, 2.45) is 0 Å². The number of anilines is 1. The van der Waals surface area contributed by atoms with Crippen LogP contribution in [0.25, 0.3) is 0 Å². The highest BCUT2D eigenvalue weighted by Gasteiger charge is 2.12. The second-order valence-corrected chi connectivity index (χ2v) is 2.92. The van der Waals surface area contributed by atoms with Gasteiger partial charge in [-0.05, 0) is 13.3 Å². The number of aromatic nitrogens is 2. The van der Waals surface area contributed by atoms with Crippen molar-refractivity contribution in [2.45, 2.75) is 19.4 Å². The molecule has 0 aliphatic rings. The SMILES string of the molecule is C=C(C)CC(O)c1cn[nH]c1N. The minimum absolute atomic E-state index is 0.420. The van der Waals surface area contributed by atoms with Crippen molar-refractivity contribution in [3.63, 3.8) is 0 Å². The van der Waals surface area contributed by atoms with E-state index in [-0.39, 0.29) is 0 Å². The highest BCUT2D eigenvalue weighted by molar-refractivity contribution is 5.38. The van der Waals surface area contributed by atoms with E-state index in [2.05, 4.69) is 16.8 Å². The minimum atomic E-state index is -0.596. The van der Waals surface area contributed by atoms with Crippen LogP contribution in [0, 0.1) is 0 Å². The molecule has 0 amide bonds. The number of hydrogen-bond acceptors (Lipinski definition) is 3. The Labute approximate surface area is 71.1 Å². The van der Waals surface area contributed by atoms with Gasteiger partial charge in [-0.1, -0.05) is 5.57 Å². The van der Waals surface area contributed by atoms with Gasteiger partial charge in [0.15, 0.2) is 0 Å². The third-order valence-electron chi connectivity index (χ3n) is 1.60. The Morgan fingerprint density at radius 2 is 2.58 bits per heavy atom. The number of rotatable bonds is 3. The van der Waals surface area contributed by atoms with E-state index >= 15 is 0 Å². The first-order chi connectivity index (χ1) is 5.61. The summed E-state index contributed by atoms with van der Waals surface area (Å²) < 4.78 is 0. The van der Waals surface area contributed by atoms with Crippen molar-refractivity contribution in [3.8, 4) is 0 Å². The molecule has 1 unspecified atom stereocenters. The van der Waals surface area contributed by atoms with Crippen LogP contribution in [0.15, 0.2) is 18.3 Å². The largest absolute Gasteiger partial charge is 0.388 e. The van der Waals surface area contributed by atoms with Crippen molar-refractivity contribution in [2.75, 3.05) is 5.73 Å². The Morgan fingerprint density at radius 3 is 3.00 bits per heavy atom. The third-order valence-corrected chi connectivity index (χ3v) is 1.60. The van der Waals surface area contributed by atoms with E-state index in [4.69, 9.17) is 5.73 Å². The molecule has 1 atom stereocenters. The summed E-state index contributed by atoms with van der Waals surface area (Å²) in [4.78, 5) is 0. The summed E-state index contributed by atoms with van der Waals surface area (Å²) in [5.41, 5.74) is 7.07. The molecule has 0 aromatic carbocycles. The van der Waals surface area contributed by atoms with E-state index in [1.807, 2.05) is 6.92 Å². The highest BCUT2D eigenvalue weighted by atomic mass is 16.3. The van der Waals surface area contributed by atoms with Crippen molar-refractivity contribution < 1.29 is 5.11 Å². The molecular formula is C8H13N3O. The average Bonchev–Trinajstić information content (AvgIpc) is 2.33. The Morgan fingerprint density at radius 1 is 1.92 bits per heavy atom. The number of nitrogen functional groups attached to an aromatic ring is 1. The van der Waals surface area contributed by atoms with Crippen LogP contribution in [0.4, 0.5) is 5.82 Å². The molecule has 0 saturated heterocycles. The molecule has 4 N–H and O–H groups in total. The average molecular weight is 167 g/mol. The third kappa shape index (κ3) is 1.85. The van der Waals surface area contributed by atoms with E-state index in [1.165, 1.54) is 6.20 Å². The zero-order chi connectivity index (χ0) is 9.14. The molecule has 0 radical (unpaired) electrons. The predicted octanol–water partition coefficient (Wildman–Crippen LogP) is 0.992. The van der Waals surface area contributed by atoms with Gasteiger partial charge in [-0.3, -0.25) is 5.10 Å². The lowest BCUT2D eigenvalue weighted by atomic mass is 10.1. The fourth-order valence-electron chi connectivity index (χ4n) is 1.01. The number of nitrogens with one attached hydrogen (secondary N) is 1. The zero-order valence-electron chi connectivity index (χ0n) is 7.04. The van der Waals surface area contributed by atoms with Crippen molar-refractivity contribution in [1.82, 2.24) is 10.2 Å². The van der Waals surface area contributed by atoms with E-state index in [0.29, 0.717) is 17.8 Å². The molecule has 4 nitrogen and oxygen atoms in total. The van der Waals surface area contributed by atoms with Crippen molar-refractivity contribution in [1.29, 1.82) is 0 Å². The van der Waals surface area contributed by atoms with Gasteiger partial charge >= 0.3 is 0 Å². The van der Waals surface area contributed by atoms with E-state index in [9.17, 15) is 5.11 Å². The van der Waals surface area contributed by atoms with Gasteiger partial charge in [-0.15, -0.1) is 6.58 Å². The molecule has 0 saturated carbocycles. The van der Waals surface area contributed by atoms with Crippen LogP contribution in [0.1, 0.15) is 25.0 Å². The lowest BCUT2D eigenvalue weighted by molar-refractivity contribution is 0.179. The number of H-pyrrole nitrogens is 1. The molecule has 0 bridgehead atoms. The van der Waals surface area contributed by atoms with Crippen LogP contribution in [0.3, 0.4) is 0 Å². The summed E-state index contributed by atoms with van der Waals surface area (Å²) >= 11 is 0. The maximum atomic E-state index is 9.56. The first-order valence-electron chi connectivity index (χ1n) is 3.72. The van der Waals surface area contributed by atoms with Crippen molar-refractivity contribution >= 4 is 5.82 Å². The molecule has 1 aromatic heterocycles. The standard InChI is InChI=1S/C8H13N3O/c1-5(2)3-7(12)6-4-10-11-8(6)9/h4,7,12H,1,3H2,2H3,(H3,9,10,11). The topological polar surface area (TPSA) is 74.9 Å². The molecule has 4 heteroatoms. The van der Waals surface area contributed by atoms with Crippen molar-refractivity contribution in [3.05, 3.63) is 23.9 Å². The minimum Gasteiger partial charge on any atom is -0.388 e. The smallest absolute Gasteiger partial charge is 0.124 e. The molecular weight excluding hydrogens is 154 g/mol. The summed E-state index contributed by atoms with van der Waals surface area (Å²) in [6, 6.07) is 0. The Balaban J connectivity index is 2.71. The molecule has 1 rings (SSSR count). The molecule has 0 spiro atoms. The second-order valence-electron chi connectivity index (χ2n) is 2.92. The summed E-state index contributed by atoms with van der Waals surface area (Å²) in [5.74, 6) is 0.420. The van der Waals surface area contributed by atoms with Gasteiger partial charge in [0.05, 0.1) is 12.3 Å². The molecule has 0 aliphatic carbocycles.